The molecule has 0 spiro atoms. The molecule has 8 heteroatoms. The number of hydrogen-bond acceptors (Lipinski definition) is 2. The first kappa shape index (κ1) is 18.1. The average Bonchev–Trinajstić information content (AvgIpc) is 3.01. The van der Waals surface area contributed by atoms with E-state index in [0.29, 0.717) is 10.7 Å². The van der Waals surface area contributed by atoms with E-state index in [-0.39, 0.29) is 11.4 Å². The van der Waals surface area contributed by atoms with Gasteiger partial charge in [-0.25, -0.2) is 9.59 Å². The fourth-order valence-corrected chi connectivity index (χ4v) is 2.92. The van der Waals surface area contributed by atoms with Gasteiger partial charge < -0.3 is 20.7 Å². The number of rotatable bonds is 5. The Bertz CT molecular complexity index is 971. The van der Waals surface area contributed by atoms with E-state index in [9.17, 15) is 14.7 Å². The Balaban J connectivity index is 1.71. The number of urea groups is 1. The molecule has 1 heterocycles. The molecule has 2 aromatic carbocycles. The minimum Gasteiger partial charge on any atom is -0.480 e. The van der Waals surface area contributed by atoms with Crippen LogP contribution in [0.25, 0.3) is 10.9 Å². The molecule has 0 aliphatic rings. The number of carboxylic acids is 1. The predicted molar refractivity (Wildman–Crippen MR) is 102 cm³/mol. The van der Waals surface area contributed by atoms with Crippen molar-refractivity contribution in [1.82, 2.24) is 10.3 Å². The summed E-state index contributed by atoms with van der Waals surface area (Å²) in [4.78, 5) is 26.8. The van der Waals surface area contributed by atoms with Crippen LogP contribution in [-0.4, -0.2) is 28.1 Å². The quantitative estimate of drug-likeness (QED) is 0.522. The fraction of sp³-hybridized carbons (Fsp3) is 0.111. The molecule has 3 rings (SSSR count). The summed E-state index contributed by atoms with van der Waals surface area (Å²) >= 11 is 11.7. The lowest BCUT2D eigenvalue weighted by atomic mass is 10.1. The van der Waals surface area contributed by atoms with E-state index >= 15 is 0 Å². The van der Waals surface area contributed by atoms with Gasteiger partial charge in [0.1, 0.15) is 6.04 Å². The van der Waals surface area contributed by atoms with Crippen LogP contribution in [0.4, 0.5) is 10.5 Å². The molecule has 1 unspecified atom stereocenters. The number of halogens is 2. The monoisotopic (exact) mass is 391 g/mol. The van der Waals surface area contributed by atoms with Gasteiger partial charge in [-0.1, -0.05) is 41.4 Å². The van der Waals surface area contributed by atoms with Crippen LogP contribution in [0.2, 0.25) is 10.0 Å². The largest absolute Gasteiger partial charge is 0.480 e. The summed E-state index contributed by atoms with van der Waals surface area (Å²) in [6.07, 6.45) is 1.90. The molecule has 134 valence electrons. The summed E-state index contributed by atoms with van der Waals surface area (Å²) in [6, 6.07) is 10.4. The first-order valence-electron chi connectivity index (χ1n) is 7.74. The number of nitrogens with one attached hydrogen (secondary N) is 3. The molecule has 1 aromatic heterocycles. The number of benzene rings is 2. The number of aliphatic carboxylic acids is 1. The third-order valence-corrected chi connectivity index (χ3v) is 4.62. The first-order chi connectivity index (χ1) is 12.4. The Hall–Kier alpha value is -2.70. The number of para-hydroxylation sites is 1. The maximum Gasteiger partial charge on any atom is 0.326 e. The van der Waals surface area contributed by atoms with Crippen molar-refractivity contribution in [2.45, 2.75) is 12.5 Å². The van der Waals surface area contributed by atoms with Crippen LogP contribution in [-0.2, 0) is 11.2 Å². The molecule has 2 amide bonds. The van der Waals surface area contributed by atoms with Crippen molar-refractivity contribution >= 4 is 51.8 Å². The summed E-state index contributed by atoms with van der Waals surface area (Å²) in [6.45, 7) is 0. The van der Waals surface area contributed by atoms with Crippen LogP contribution in [0, 0.1) is 0 Å². The van der Waals surface area contributed by atoms with Crippen molar-refractivity contribution in [3.05, 3.63) is 64.3 Å². The number of fused-ring (bicyclic) bond motifs is 1. The van der Waals surface area contributed by atoms with Gasteiger partial charge in [0, 0.05) is 29.2 Å². The van der Waals surface area contributed by atoms with E-state index in [1.54, 1.807) is 18.3 Å². The highest BCUT2D eigenvalue weighted by molar-refractivity contribution is 6.42. The lowest BCUT2D eigenvalue weighted by Crippen LogP contribution is -2.44. The van der Waals surface area contributed by atoms with E-state index in [1.807, 2.05) is 24.3 Å². The van der Waals surface area contributed by atoms with Crippen LogP contribution in [0.15, 0.2) is 48.7 Å². The lowest BCUT2D eigenvalue weighted by Gasteiger charge is -2.15. The molecule has 6 nitrogen and oxygen atoms in total. The molecule has 4 N–H and O–H groups in total. The minimum absolute atomic E-state index is 0.147. The highest BCUT2D eigenvalue weighted by Gasteiger charge is 2.22. The molecule has 0 aliphatic carbocycles. The van der Waals surface area contributed by atoms with Gasteiger partial charge in [0.05, 0.1) is 10.0 Å². The summed E-state index contributed by atoms with van der Waals surface area (Å²) in [5.41, 5.74) is 2.13. The Morgan fingerprint density at radius 3 is 2.62 bits per heavy atom. The van der Waals surface area contributed by atoms with E-state index in [0.717, 1.165) is 16.5 Å². The number of carbonyl (C=O) groups is 2. The summed E-state index contributed by atoms with van der Waals surface area (Å²) < 4.78 is 0. The van der Waals surface area contributed by atoms with Crippen molar-refractivity contribution in [3.8, 4) is 0 Å². The number of aromatic nitrogens is 1. The van der Waals surface area contributed by atoms with E-state index in [4.69, 9.17) is 23.2 Å². The van der Waals surface area contributed by atoms with Gasteiger partial charge in [-0.05, 0) is 29.8 Å². The number of carboxylic acid groups (broad SMARTS) is 1. The molecular weight excluding hydrogens is 377 g/mol. The number of aromatic amines is 1. The number of carbonyl (C=O) groups excluding carboxylic acids is 1. The maximum absolute atomic E-state index is 12.1. The second kappa shape index (κ2) is 7.68. The molecule has 0 bridgehead atoms. The number of amides is 2. The van der Waals surface area contributed by atoms with Crippen molar-refractivity contribution in [2.24, 2.45) is 0 Å². The zero-order valence-electron chi connectivity index (χ0n) is 13.4. The van der Waals surface area contributed by atoms with Crippen LogP contribution >= 0.6 is 23.2 Å². The summed E-state index contributed by atoms with van der Waals surface area (Å²) in [5, 5.41) is 16.0. The molecule has 0 saturated heterocycles. The number of hydrogen-bond donors (Lipinski definition) is 4. The van der Waals surface area contributed by atoms with Crippen LogP contribution < -0.4 is 10.6 Å². The fourth-order valence-electron chi connectivity index (χ4n) is 2.62. The zero-order valence-corrected chi connectivity index (χ0v) is 14.9. The third-order valence-electron chi connectivity index (χ3n) is 3.88. The lowest BCUT2D eigenvalue weighted by molar-refractivity contribution is -0.139. The van der Waals surface area contributed by atoms with Crippen molar-refractivity contribution < 1.29 is 14.7 Å². The van der Waals surface area contributed by atoms with E-state index in [2.05, 4.69) is 15.6 Å². The topological polar surface area (TPSA) is 94.2 Å². The van der Waals surface area contributed by atoms with Gasteiger partial charge in [0.25, 0.3) is 0 Å². The molecular formula is C18H15Cl2N3O3. The molecule has 0 radical (unpaired) electrons. The smallest absolute Gasteiger partial charge is 0.326 e. The van der Waals surface area contributed by atoms with Crippen LogP contribution in [0.5, 0.6) is 0 Å². The maximum atomic E-state index is 12.1. The number of H-pyrrole nitrogens is 1. The predicted octanol–water partition coefficient (Wildman–Crippen LogP) is 4.29. The van der Waals surface area contributed by atoms with E-state index in [1.165, 1.54) is 6.07 Å². The van der Waals surface area contributed by atoms with Crippen LogP contribution in [0.1, 0.15) is 5.56 Å². The average molecular weight is 392 g/mol. The molecule has 0 fully saturated rings. The zero-order chi connectivity index (χ0) is 18.7. The second-order valence-corrected chi connectivity index (χ2v) is 6.50. The van der Waals surface area contributed by atoms with Gasteiger partial charge in [-0.15, -0.1) is 0 Å². The Morgan fingerprint density at radius 2 is 1.88 bits per heavy atom. The van der Waals surface area contributed by atoms with Crippen LogP contribution in [0.3, 0.4) is 0 Å². The highest BCUT2D eigenvalue weighted by Crippen LogP contribution is 2.25. The van der Waals surface area contributed by atoms with Gasteiger partial charge in [0.15, 0.2) is 0 Å². The normalized spacial score (nSPS) is 11.9. The molecule has 0 saturated carbocycles. The molecule has 3 aromatic rings. The first-order valence-corrected chi connectivity index (χ1v) is 8.50. The second-order valence-electron chi connectivity index (χ2n) is 5.68. The molecule has 26 heavy (non-hydrogen) atoms. The highest BCUT2D eigenvalue weighted by atomic mass is 35.5. The SMILES string of the molecule is O=C(Nc1ccc(Cl)c(Cl)c1)NC(Cc1c[nH]c2ccccc12)C(=O)O. The minimum atomic E-state index is -1.13. The molecule has 0 aliphatic heterocycles. The summed E-state index contributed by atoms with van der Waals surface area (Å²) in [7, 11) is 0. The van der Waals surface area contributed by atoms with Gasteiger partial charge in [-0.3, -0.25) is 0 Å². The Kier molecular flexibility index (Phi) is 5.35. The Labute approximate surface area is 159 Å². The van der Waals surface area contributed by atoms with Crippen molar-refractivity contribution in [2.75, 3.05) is 5.32 Å². The van der Waals surface area contributed by atoms with Gasteiger partial charge in [0.2, 0.25) is 0 Å². The Morgan fingerprint density at radius 1 is 1.12 bits per heavy atom. The van der Waals surface area contributed by atoms with Crippen molar-refractivity contribution in [3.63, 3.8) is 0 Å². The van der Waals surface area contributed by atoms with Gasteiger partial charge >= 0.3 is 12.0 Å². The van der Waals surface area contributed by atoms with Gasteiger partial charge in [-0.2, -0.15) is 0 Å². The molecule has 1 atom stereocenters. The third kappa shape index (κ3) is 4.09. The van der Waals surface area contributed by atoms with E-state index < -0.39 is 18.0 Å². The number of anilines is 1. The van der Waals surface area contributed by atoms with Crippen molar-refractivity contribution in [1.29, 1.82) is 0 Å². The summed E-state index contributed by atoms with van der Waals surface area (Å²) in [5.74, 6) is -1.13. The standard InChI is InChI=1S/C18H15Cl2N3O3/c19-13-6-5-11(8-14(13)20)22-18(26)23-16(17(24)25)7-10-9-21-15-4-2-1-3-12(10)15/h1-6,8-9,16,21H,7H2,(H,24,25)(H2,22,23,26).